The van der Waals surface area contributed by atoms with Crippen molar-refractivity contribution in [1.29, 1.82) is 0 Å². The fraction of sp³-hybridized carbons (Fsp3) is 0.550. The molecule has 0 bridgehead atoms. The summed E-state index contributed by atoms with van der Waals surface area (Å²) in [5.41, 5.74) is 0.196. The lowest BCUT2D eigenvalue weighted by atomic mass is 9.82. The number of benzene rings is 1. The number of anilines is 2. The Morgan fingerprint density at radius 3 is 2.64 bits per heavy atom. The molecule has 1 aliphatic carbocycles. The molecule has 180 valence electrons. The SMILES string of the molecule is CN(C)CCN1C(=O)C(C2=NS(=O)(=O)c3cc(NS(C)(=O)=O)ccc3N2)C(=O)C2CCCC21. The van der Waals surface area contributed by atoms with E-state index in [1.54, 1.807) is 4.90 Å². The van der Waals surface area contributed by atoms with E-state index in [1.807, 2.05) is 19.0 Å². The fourth-order valence-corrected chi connectivity index (χ4v) is 6.46. The first-order chi connectivity index (χ1) is 15.4. The summed E-state index contributed by atoms with van der Waals surface area (Å²) < 4.78 is 54.9. The van der Waals surface area contributed by atoms with E-state index < -0.39 is 31.9 Å². The molecule has 2 N–H and O–H groups in total. The molecule has 0 spiro atoms. The number of fused-ring (bicyclic) bond motifs is 2. The van der Waals surface area contributed by atoms with Crippen LogP contribution in [0.15, 0.2) is 27.5 Å². The van der Waals surface area contributed by atoms with Crippen molar-refractivity contribution in [2.45, 2.75) is 30.2 Å². The second-order valence-electron chi connectivity index (χ2n) is 8.94. The van der Waals surface area contributed by atoms with E-state index in [0.717, 1.165) is 25.2 Å². The Bertz CT molecular complexity index is 1240. The fourth-order valence-electron chi connectivity index (χ4n) is 4.73. The summed E-state index contributed by atoms with van der Waals surface area (Å²) in [6.07, 6.45) is 3.19. The smallest absolute Gasteiger partial charge is 0.286 e. The molecule has 1 aromatic carbocycles. The van der Waals surface area contributed by atoms with Crippen molar-refractivity contribution in [1.82, 2.24) is 9.80 Å². The van der Waals surface area contributed by atoms with Crippen molar-refractivity contribution in [2.24, 2.45) is 16.2 Å². The first kappa shape index (κ1) is 23.6. The van der Waals surface area contributed by atoms with Gasteiger partial charge in [-0.15, -0.1) is 4.40 Å². The van der Waals surface area contributed by atoms with Gasteiger partial charge in [-0.2, -0.15) is 8.42 Å². The first-order valence-electron chi connectivity index (χ1n) is 10.6. The number of hydrogen-bond donors (Lipinski definition) is 2. The van der Waals surface area contributed by atoms with E-state index in [0.29, 0.717) is 19.5 Å². The minimum atomic E-state index is -4.27. The number of sulfonamides is 2. The van der Waals surface area contributed by atoms with Crippen molar-refractivity contribution < 1.29 is 26.4 Å². The summed E-state index contributed by atoms with van der Waals surface area (Å²) >= 11 is 0. The van der Waals surface area contributed by atoms with Crippen LogP contribution in [0.3, 0.4) is 0 Å². The number of nitrogens with one attached hydrogen (secondary N) is 2. The Labute approximate surface area is 193 Å². The number of rotatable bonds is 6. The van der Waals surface area contributed by atoms with Crippen molar-refractivity contribution in [2.75, 3.05) is 43.5 Å². The van der Waals surface area contributed by atoms with Gasteiger partial charge in [-0.05, 0) is 45.1 Å². The Hall–Kier alpha value is -2.51. The monoisotopic (exact) mass is 497 g/mol. The van der Waals surface area contributed by atoms with Gasteiger partial charge in [-0.3, -0.25) is 14.3 Å². The topological polar surface area (TPSA) is 145 Å². The van der Waals surface area contributed by atoms with Gasteiger partial charge in [0.05, 0.1) is 11.9 Å². The number of likely N-dealkylation sites (tertiary alicyclic amines) is 1. The van der Waals surface area contributed by atoms with E-state index in [2.05, 4.69) is 14.4 Å². The maximum atomic E-state index is 13.4. The van der Waals surface area contributed by atoms with Gasteiger partial charge < -0.3 is 15.1 Å². The molecule has 2 heterocycles. The van der Waals surface area contributed by atoms with E-state index in [1.165, 1.54) is 12.1 Å². The number of piperidine rings is 1. The highest BCUT2D eigenvalue weighted by Gasteiger charge is 2.52. The van der Waals surface area contributed by atoms with Crippen LogP contribution in [0.1, 0.15) is 19.3 Å². The highest BCUT2D eigenvalue weighted by atomic mass is 32.2. The van der Waals surface area contributed by atoms with Crippen LogP contribution in [0, 0.1) is 11.8 Å². The van der Waals surface area contributed by atoms with Gasteiger partial charge in [-0.1, -0.05) is 6.42 Å². The summed E-state index contributed by atoms with van der Waals surface area (Å²) in [4.78, 5) is 30.1. The Morgan fingerprint density at radius 2 is 1.97 bits per heavy atom. The van der Waals surface area contributed by atoms with Crippen LogP contribution >= 0.6 is 0 Å². The lowest BCUT2D eigenvalue weighted by Crippen LogP contribution is -2.59. The third kappa shape index (κ3) is 4.62. The molecule has 4 rings (SSSR count). The van der Waals surface area contributed by atoms with Gasteiger partial charge in [0.15, 0.2) is 11.7 Å². The molecule has 3 atom stereocenters. The number of hydrogen-bond acceptors (Lipinski definition) is 8. The van der Waals surface area contributed by atoms with Gasteiger partial charge in [0.2, 0.25) is 15.9 Å². The lowest BCUT2D eigenvalue weighted by Gasteiger charge is -2.41. The second kappa shape index (κ2) is 8.37. The number of carbonyl (C=O) groups is 2. The number of likely N-dealkylation sites (N-methyl/N-ethyl adjacent to an activating group) is 1. The number of amides is 1. The van der Waals surface area contributed by atoms with E-state index in [9.17, 15) is 26.4 Å². The van der Waals surface area contributed by atoms with Gasteiger partial charge >= 0.3 is 0 Å². The zero-order valence-corrected chi connectivity index (χ0v) is 20.2. The molecule has 0 aromatic heterocycles. The Kier molecular flexibility index (Phi) is 5.99. The molecule has 0 radical (unpaired) electrons. The number of ketones is 1. The summed E-state index contributed by atoms with van der Waals surface area (Å²) in [6, 6.07) is 3.76. The van der Waals surface area contributed by atoms with E-state index >= 15 is 0 Å². The van der Waals surface area contributed by atoms with Crippen LogP contribution in [-0.2, 0) is 29.6 Å². The molecular weight excluding hydrogens is 470 g/mol. The summed E-state index contributed by atoms with van der Waals surface area (Å²) in [5, 5.41) is 2.85. The molecule has 13 heteroatoms. The highest BCUT2D eigenvalue weighted by Crippen LogP contribution is 2.39. The van der Waals surface area contributed by atoms with Gasteiger partial charge in [-0.25, -0.2) is 8.42 Å². The first-order valence-corrected chi connectivity index (χ1v) is 13.9. The number of nitrogens with zero attached hydrogens (tertiary/aromatic N) is 3. The predicted octanol–water partition coefficient (Wildman–Crippen LogP) is 0.329. The molecule has 2 aliphatic heterocycles. The third-order valence-corrected chi connectivity index (χ3v) is 8.10. The number of amidine groups is 1. The maximum absolute atomic E-state index is 13.4. The lowest BCUT2D eigenvalue weighted by molar-refractivity contribution is -0.149. The zero-order valence-electron chi connectivity index (χ0n) is 18.6. The molecule has 1 aromatic rings. The standard InChI is InChI=1S/C20H27N5O6S2/c1-24(2)9-10-25-15-6-4-5-13(15)18(26)17(20(25)27)19-21-14-8-7-12(22-32(3,28)29)11-16(14)33(30,31)23-19/h7-8,11,13,15,17,22H,4-6,9-10H2,1-3H3,(H,21,23). The second-order valence-corrected chi connectivity index (χ2v) is 12.3. The molecular formula is C20H27N5O6S2. The van der Waals surface area contributed by atoms with Crippen LogP contribution in [0.5, 0.6) is 0 Å². The molecule has 1 amide bonds. The van der Waals surface area contributed by atoms with Crippen LogP contribution in [0.4, 0.5) is 11.4 Å². The van der Waals surface area contributed by atoms with Crippen molar-refractivity contribution in [3.63, 3.8) is 0 Å². The molecule has 1 saturated carbocycles. The van der Waals surface area contributed by atoms with Gasteiger partial charge in [0.1, 0.15) is 10.7 Å². The maximum Gasteiger partial charge on any atom is 0.286 e. The molecule has 3 unspecified atom stereocenters. The number of Topliss-reactive ketones (excluding diaryl/α,β-unsaturated/α-hetero) is 1. The predicted molar refractivity (Wildman–Crippen MR) is 123 cm³/mol. The van der Waals surface area contributed by atoms with Crippen LogP contribution in [-0.4, -0.2) is 83.6 Å². The van der Waals surface area contributed by atoms with E-state index in [-0.39, 0.29) is 39.8 Å². The Balaban J connectivity index is 1.69. The molecule has 33 heavy (non-hydrogen) atoms. The Morgan fingerprint density at radius 1 is 1.24 bits per heavy atom. The molecule has 1 saturated heterocycles. The minimum Gasteiger partial charge on any atom is -0.341 e. The quantitative estimate of drug-likeness (QED) is 0.535. The zero-order chi connectivity index (χ0) is 24.1. The highest BCUT2D eigenvalue weighted by molar-refractivity contribution is 7.92. The largest absolute Gasteiger partial charge is 0.341 e. The normalized spacial score (nSPS) is 26.5. The molecule has 3 aliphatic rings. The average Bonchev–Trinajstić information content (AvgIpc) is 3.16. The molecule has 11 nitrogen and oxygen atoms in total. The van der Waals surface area contributed by atoms with E-state index in [4.69, 9.17) is 0 Å². The van der Waals surface area contributed by atoms with Crippen molar-refractivity contribution in [3.8, 4) is 0 Å². The molecule has 2 fully saturated rings. The number of carbonyl (C=O) groups excluding carboxylic acids is 2. The minimum absolute atomic E-state index is 0.0637. The summed E-state index contributed by atoms with van der Waals surface area (Å²) in [7, 11) is -4.09. The van der Waals surface area contributed by atoms with Crippen molar-refractivity contribution >= 4 is 48.9 Å². The van der Waals surface area contributed by atoms with Gasteiger partial charge in [0, 0.05) is 30.7 Å². The van der Waals surface area contributed by atoms with Crippen molar-refractivity contribution in [3.05, 3.63) is 18.2 Å². The summed E-state index contributed by atoms with van der Waals surface area (Å²) in [6.45, 7) is 1.06. The van der Waals surface area contributed by atoms with Crippen LogP contribution in [0.2, 0.25) is 0 Å². The average molecular weight is 498 g/mol. The van der Waals surface area contributed by atoms with Crippen LogP contribution in [0.25, 0.3) is 0 Å². The van der Waals surface area contributed by atoms with Gasteiger partial charge in [0.25, 0.3) is 10.0 Å². The summed E-state index contributed by atoms with van der Waals surface area (Å²) in [5.74, 6) is -2.61. The van der Waals surface area contributed by atoms with Crippen LogP contribution < -0.4 is 10.0 Å². The third-order valence-electron chi connectivity index (χ3n) is 6.17.